The number of H-pyrrole nitrogens is 1. The number of amides is 1. The van der Waals surface area contributed by atoms with Gasteiger partial charge in [0, 0.05) is 13.2 Å². The Morgan fingerprint density at radius 3 is 2.90 bits per heavy atom. The molecule has 0 unspecified atom stereocenters. The number of halogens is 1. The van der Waals surface area contributed by atoms with Crippen molar-refractivity contribution in [2.24, 2.45) is 0 Å². The monoisotopic (exact) mass is 296 g/mol. The molecule has 2 rings (SSSR count). The number of hydrogen-bond donors (Lipinski definition) is 1. The zero-order valence-corrected chi connectivity index (χ0v) is 11.0. The minimum atomic E-state index is -0.731. The van der Waals surface area contributed by atoms with Gasteiger partial charge in [0.1, 0.15) is 17.7 Å². The second kappa shape index (κ2) is 5.61. The molecule has 20 heavy (non-hydrogen) atoms. The van der Waals surface area contributed by atoms with Gasteiger partial charge in [0.2, 0.25) is 5.15 Å². The Bertz CT molecular complexity index is 644. The van der Waals surface area contributed by atoms with Crippen LogP contribution in [-0.2, 0) is 6.54 Å². The fraction of sp³-hybridized carbons (Fsp3) is 0.200. The largest absolute Gasteiger partial charge is 0.334 e. The van der Waals surface area contributed by atoms with E-state index in [0.717, 1.165) is 0 Å². The minimum absolute atomic E-state index is 0.128. The highest BCUT2D eigenvalue weighted by molar-refractivity contribution is 6.32. The number of nitrogens with zero attached hydrogens (tertiary/aromatic N) is 5. The first-order valence-electron chi connectivity index (χ1n) is 5.39. The highest BCUT2D eigenvalue weighted by Crippen LogP contribution is 2.26. The van der Waals surface area contributed by atoms with E-state index in [9.17, 15) is 14.9 Å². The van der Waals surface area contributed by atoms with E-state index >= 15 is 0 Å². The van der Waals surface area contributed by atoms with Crippen LogP contribution in [0, 0.1) is 10.1 Å². The van der Waals surface area contributed by atoms with Crippen molar-refractivity contribution in [2.45, 2.75) is 6.54 Å². The Morgan fingerprint density at radius 2 is 2.30 bits per heavy atom. The molecule has 1 N–H and O–H groups in total. The smallest absolute Gasteiger partial charge is 0.319 e. The lowest BCUT2D eigenvalue weighted by Gasteiger charge is -2.15. The molecule has 9 nitrogen and oxygen atoms in total. The number of nitrogens with one attached hydrogen (secondary N) is 1. The first-order valence-corrected chi connectivity index (χ1v) is 5.77. The van der Waals surface area contributed by atoms with Crippen molar-refractivity contribution >= 4 is 23.2 Å². The lowest BCUT2D eigenvalue weighted by molar-refractivity contribution is -0.385. The van der Waals surface area contributed by atoms with Crippen molar-refractivity contribution in [2.75, 3.05) is 7.05 Å². The third kappa shape index (κ3) is 2.72. The molecule has 0 bridgehead atoms. The van der Waals surface area contributed by atoms with E-state index in [2.05, 4.69) is 20.2 Å². The lowest BCUT2D eigenvalue weighted by Crippen LogP contribution is -2.27. The van der Waals surface area contributed by atoms with Crippen molar-refractivity contribution in [3.05, 3.63) is 45.2 Å². The van der Waals surface area contributed by atoms with Gasteiger partial charge >= 0.3 is 5.69 Å². The summed E-state index contributed by atoms with van der Waals surface area (Å²) >= 11 is 5.66. The predicted octanol–water partition coefficient (Wildman–Crippen LogP) is 1.03. The van der Waals surface area contributed by atoms with Gasteiger partial charge in [0.25, 0.3) is 5.91 Å². The first-order chi connectivity index (χ1) is 9.50. The molecule has 10 heteroatoms. The summed E-state index contributed by atoms with van der Waals surface area (Å²) in [6, 6.07) is 1.25. The van der Waals surface area contributed by atoms with Crippen molar-refractivity contribution in [1.29, 1.82) is 0 Å². The Kier molecular flexibility index (Phi) is 3.89. The second-order valence-electron chi connectivity index (χ2n) is 3.85. The molecule has 2 aromatic heterocycles. The van der Waals surface area contributed by atoms with Gasteiger partial charge in [-0.2, -0.15) is 5.10 Å². The molecule has 0 spiro atoms. The van der Waals surface area contributed by atoms with Gasteiger partial charge < -0.3 is 4.90 Å². The number of nitro groups is 1. The van der Waals surface area contributed by atoms with E-state index in [1.165, 1.54) is 30.5 Å². The Morgan fingerprint density at radius 1 is 1.55 bits per heavy atom. The zero-order chi connectivity index (χ0) is 14.7. The van der Waals surface area contributed by atoms with E-state index in [-0.39, 0.29) is 17.3 Å². The molecule has 1 amide bonds. The van der Waals surface area contributed by atoms with Crippen LogP contribution in [0.25, 0.3) is 0 Å². The Balaban J connectivity index is 2.29. The molecule has 0 aliphatic heterocycles. The van der Waals surface area contributed by atoms with Gasteiger partial charge in [-0.05, 0) is 6.07 Å². The van der Waals surface area contributed by atoms with Crippen molar-refractivity contribution in [1.82, 2.24) is 25.1 Å². The lowest BCUT2D eigenvalue weighted by atomic mass is 10.2. The number of carbonyl (C=O) groups is 1. The zero-order valence-electron chi connectivity index (χ0n) is 10.3. The molecule has 0 saturated carbocycles. The summed E-state index contributed by atoms with van der Waals surface area (Å²) in [6.07, 6.45) is 2.55. The number of hydrogen-bond acceptors (Lipinski definition) is 6. The van der Waals surface area contributed by atoms with E-state index in [0.29, 0.717) is 5.82 Å². The molecular formula is C10H9ClN6O3. The first kappa shape index (κ1) is 13.9. The summed E-state index contributed by atoms with van der Waals surface area (Å²) in [7, 11) is 1.49. The third-order valence-electron chi connectivity index (χ3n) is 2.49. The molecule has 0 atom stereocenters. The molecule has 2 heterocycles. The fourth-order valence-electron chi connectivity index (χ4n) is 1.58. The summed E-state index contributed by atoms with van der Waals surface area (Å²) in [4.78, 5) is 31.2. The maximum atomic E-state index is 12.2. The van der Waals surface area contributed by atoms with Crippen LogP contribution in [0.4, 0.5) is 5.69 Å². The summed E-state index contributed by atoms with van der Waals surface area (Å²) in [6.45, 7) is 0.135. The maximum absolute atomic E-state index is 12.2. The summed E-state index contributed by atoms with van der Waals surface area (Å²) in [5, 5.41) is 16.9. The molecule has 104 valence electrons. The Labute approximate surface area is 117 Å². The molecule has 0 fully saturated rings. The molecule has 0 saturated heterocycles. The Hall–Kier alpha value is -2.55. The normalized spacial score (nSPS) is 10.3. The van der Waals surface area contributed by atoms with E-state index in [1.54, 1.807) is 0 Å². The van der Waals surface area contributed by atoms with Gasteiger partial charge in [-0.25, -0.2) is 9.97 Å². The number of pyridine rings is 1. The average molecular weight is 297 g/mol. The average Bonchev–Trinajstić information content (AvgIpc) is 2.89. The highest BCUT2D eigenvalue weighted by Gasteiger charge is 2.27. The van der Waals surface area contributed by atoms with Gasteiger partial charge in [0.05, 0.1) is 11.5 Å². The van der Waals surface area contributed by atoms with Crippen LogP contribution in [0.3, 0.4) is 0 Å². The van der Waals surface area contributed by atoms with Crippen LogP contribution in [0.15, 0.2) is 18.6 Å². The van der Waals surface area contributed by atoms with Crippen LogP contribution in [-0.4, -0.2) is 42.9 Å². The van der Waals surface area contributed by atoms with Gasteiger partial charge in [-0.15, -0.1) is 0 Å². The second-order valence-corrected chi connectivity index (χ2v) is 4.21. The number of aromatic nitrogens is 4. The van der Waals surface area contributed by atoms with Crippen LogP contribution in [0.1, 0.15) is 16.2 Å². The molecule has 0 aliphatic carbocycles. The van der Waals surface area contributed by atoms with Crippen LogP contribution >= 0.6 is 11.6 Å². The van der Waals surface area contributed by atoms with Gasteiger partial charge in [-0.1, -0.05) is 11.6 Å². The van der Waals surface area contributed by atoms with Crippen molar-refractivity contribution in [3.63, 3.8) is 0 Å². The predicted molar refractivity (Wildman–Crippen MR) is 68.1 cm³/mol. The standard InChI is InChI=1S/C10H9ClN6O3/c1-16(4-7-13-5-14-15-7)10(18)6-2-3-12-9(11)8(6)17(19)20/h2-3,5H,4H2,1H3,(H,13,14,15). The minimum Gasteiger partial charge on any atom is -0.334 e. The summed E-state index contributed by atoms with van der Waals surface area (Å²) in [5.74, 6) is -0.0962. The van der Waals surface area contributed by atoms with Crippen LogP contribution < -0.4 is 0 Å². The van der Waals surface area contributed by atoms with E-state index in [4.69, 9.17) is 11.6 Å². The summed E-state index contributed by atoms with van der Waals surface area (Å²) < 4.78 is 0. The van der Waals surface area contributed by atoms with Gasteiger partial charge in [-0.3, -0.25) is 20.0 Å². The molecule has 0 aromatic carbocycles. The summed E-state index contributed by atoms with van der Waals surface area (Å²) in [5.41, 5.74) is -0.638. The third-order valence-corrected chi connectivity index (χ3v) is 2.77. The van der Waals surface area contributed by atoms with E-state index in [1.807, 2.05) is 0 Å². The SMILES string of the molecule is CN(Cc1ncn[nH]1)C(=O)c1ccnc(Cl)c1[N+](=O)[O-]. The number of aromatic amines is 1. The van der Waals surface area contributed by atoms with E-state index < -0.39 is 16.5 Å². The molecule has 0 aliphatic rings. The number of carbonyl (C=O) groups excluding carboxylic acids is 1. The molecule has 0 radical (unpaired) electrons. The van der Waals surface area contributed by atoms with Gasteiger partial charge in [0.15, 0.2) is 0 Å². The molecule has 2 aromatic rings. The van der Waals surface area contributed by atoms with Crippen molar-refractivity contribution in [3.8, 4) is 0 Å². The van der Waals surface area contributed by atoms with Crippen LogP contribution in [0.2, 0.25) is 5.15 Å². The fourth-order valence-corrected chi connectivity index (χ4v) is 1.81. The van der Waals surface area contributed by atoms with Crippen molar-refractivity contribution < 1.29 is 9.72 Å². The topological polar surface area (TPSA) is 118 Å². The molecular weight excluding hydrogens is 288 g/mol. The maximum Gasteiger partial charge on any atom is 0.319 e. The number of rotatable bonds is 4. The quantitative estimate of drug-likeness (QED) is 0.511. The van der Waals surface area contributed by atoms with Crippen LogP contribution in [0.5, 0.6) is 0 Å². The highest BCUT2D eigenvalue weighted by atomic mass is 35.5.